The summed E-state index contributed by atoms with van der Waals surface area (Å²) in [5.41, 5.74) is 7.23. The van der Waals surface area contributed by atoms with Crippen LogP contribution in [0.15, 0.2) is 30.9 Å². The Morgan fingerprint density at radius 1 is 1.47 bits per heavy atom. The maximum atomic E-state index is 11.3. The third-order valence-electron chi connectivity index (χ3n) is 2.39. The first-order valence-electron chi connectivity index (χ1n) is 5.13. The number of aromatic nitrogens is 3. The van der Waals surface area contributed by atoms with Crippen molar-refractivity contribution in [1.82, 2.24) is 19.9 Å². The van der Waals surface area contributed by atoms with Crippen molar-refractivity contribution in [1.29, 1.82) is 0 Å². The van der Waals surface area contributed by atoms with Crippen molar-refractivity contribution in [3.63, 3.8) is 0 Å². The molecule has 0 radical (unpaired) electrons. The molecule has 3 N–H and O–H groups in total. The van der Waals surface area contributed by atoms with Crippen molar-refractivity contribution in [2.75, 3.05) is 12.8 Å². The van der Waals surface area contributed by atoms with Gasteiger partial charge in [0.2, 0.25) is 5.91 Å². The number of hydrogen-bond donors (Lipinski definition) is 2. The van der Waals surface area contributed by atoms with E-state index in [2.05, 4.69) is 15.3 Å². The number of rotatable bonds is 3. The molecule has 0 aromatic carbocycles. The summed E-state index contributed by atoms with van der Waals surface area (Å²) in [6.07, 6.45) is 4.96. The van der Waals surface area contributed by atoms with Gasteiger partial charge in [-0.1, -0.05) is 0 Å². The number of nitrogens with two attached hydrogens (primary N) is 1. The summed E-state index contributed by atoms with van der Waals surface area (Å²) in [4.78, 5) is 19.4. The first kappa shape index (κ1) is 11.1. The van der Waals surface area contributed by atoms with Crippen LogP contribution in [0.1, 0.15) is 0 Å². The van der Waals surface area contributed by atoms with Crippen molar-refractivity contribution in [2.45, 2.75) is 6.54 Å². The van der Waals surface area contributed by atoms with E-state index in [0.717, 1.165) is 11.3 Å². The fourth-order valence-electron chi connectivity index (χ4n) is 1.48. The minimum atomic E-state index is -0.0762. The summed E-state index contributed by atoms with van der Waals surface area (Å²) < 4.78 is 1.76. The maximum Gasteiger partial charge on any atom is 0.239 e. The molecule has 6 heteroatoms. The van der Waals surface area contributed by atoms with Gasteiger partial charge in [0.15, 0.2) is 0 Å². The minimum Gasteiger partial charge on any atom is -0.384 e. The van der Waals surface area contributed by atoms with Gasteiger partial charge in [0.1, 0.15) is 12.4 Å². The predicted octanol–water partition coefficient (Wildman–Crippen LogP) is 0.273. The average Bonchev–Trinajstić information content (AvgIpc) is 2.78. The molecule has 2 rings (SSSR count). The molecule has 88 valence electrons. The molecule has 6 nitrogen and oxygen atoms in total. The standard InChI is InChI=1S/C11H13N5O/c1-13-11(17)6-16-7-14-5-9(16)8-2-3-10(12)15-4-8/h2-5,7H,6H2,1H3,(H2,12,15)(H,13,17). The van der Waals surface area contributed by atoms with Crippen LogP contribution in [0.25, 0.3) is 11.3 Å². The number of likely N-dealkylation sites (N-methyl/N-ethyl adjacent to an activating group) is 1. The highest BCUT2D eigenvalue weighted by Crippen LogP contribution is 2.18. The summed E-state index contributed by atoms with van der Waals surface area (Å²) in [5, 5.41) is 2.57. The molecule has 0 spiro atoms. The van der Waals surface area contributed by atoms with Crippen molar-refractivity contribution < 1.29 is 4.79 Å². The van der Waals surface area contributed by atoms with E-state index >= 15 is 0 Å². The molecule has 1 amide bonds. The first-order valence-corrected chi connectivity index (χ1v) is 5.13. The van der Waals surface area contributed by atoms with Gasteiger partial charge in [0.05, 0.1) is 18.2 Å². The lowest BCUT2D eigenvalue weighted by Gasteiger charge is -2.07. The Morgan fingerprint density at radius 3 is 2.94 bits per heavy atom. The van der Waals surface area contributed by atoms with Gasteiger partial charge < -0.3 is 15.6 Å². The average molecular weight is 231 g/mol. The fraction of sp³-hybridized carbons (Fsp3) is 0.182. The monoisotopic (exact) mass is 231 g/mol. The SMILES string of the molecule is CNC(=O)Cn1cncc1-c1ccc(N)nc1. The van der Waals surface area contributed by atoms with Crippen LogP contribution in [0.3, 0.4) is 0 Å². The number of imidazole rings is 1. The summed E-state index contributed by atoms with van der Waals surface area (Å²) >= 11 is 0. The molecule has 0 aliphatic heterocycles. The third kappa shape index (κ3) is 2.41. The molecule has 0 unspecified atom stereocenters. The van der Waals surface area contributed by atoms with E-state index in [0.29, 0.717) is 5.82 Å². The van der Waals surface area contributed by atoms with Gasteiger partial charge in [-0.05, 0) is 12.1 Å². The second kappa shape index (κ2) is 4.65. The number of nitrogen functional groups attached to an aromatic ring is 1. The summed E-state index contributed by atoms with van der Waals surface area (Å²) in [7, 11) is 1.60. The quantitative estimate of drug-likeness (QED) is 0.794. The van der Waals surface area contributed by atoms with E-state index in [-0.39, 0.29) is 12.5 Å². The van der Waals surface area contributed by atoms with Gasteiger partial charge in [0.25, 0.3) is 0 Å². The summed E-state index contributed by atoms with van der Waals surface area (Å²) in [6, 6.07) is 3.56. The Hall–Kier alpha value is -2.37. The smallest absolute Gasteiger partial charge is 0.239 e. The highest BCUT2D eigenvalue weighted by Gasteiger charge is 2.08. The lowest BCUT2D eigenvalue weighted by molar-refractivity contribution is -0.121. The van der Waals surface area contributed by atoms with E-state index in [1.54, 1.807) is 36.4 Å². The zero-order valence-corrected chi connectivity index (χ0v) is 9.42. The number of nitrogens with one attached hydrogen (secondary N) is 1. The Kier molecular flexibility index (Phi) is 3.04. The van der Waals surface area contributed by atoms with Crippen LogP contribution < -0.4 is 11.1 Å². The zero-order chi connectivity index (χ0) is 12.3. The lowest BCUT2D eigenvalue weighted by atomic mass is 10.2. The zero-order valence-electron chi connectivity index (χ0n) is 9.42. The minimum absolute atomic E-state index is 0.0762. The number of pyridine rings is 1. The second-order valence-corrected chi connectivity index (χ2v) is 3.55. The van der Waals surface area contributed by atoms with Gasteiger partial charge in [-0.25, -0.2) is 9.97 Å². The van der Waals surface area contributed by atoms with E-state index in [9.17, 15) is 4.79 Å². The Morgan fingerprint density at radius 2 is 2.29 bits per heavy atom. The van der Waals surface area contributed by atoms with E-state index in [1.165, 1.54) is 0 Å². The van der Waals surface area contributed by atoms with Gasteiger partial charge in [-0.2, -0.15) is 0 Å². The van der Waals surface area contributed by atoms with Crippen molar-refractivity contribution in [3.05, 3.63) is 30.9 Å². The molecule has 0 saturated carbocycles. The van der Waals surface area contributed by atoms with Gasteiger partial charge in [0, 0.05) is 18.8 Å². The van der Waals surface area contributed by atoms with Crippen LogP contribution >= 0.6 is 0 Å². The molecule has 0 saturated heterocycles. The van der Waals surface area contributed by atoms with Gasteiger partial charge in [-0.3, -0.25) is 4.79 Å². The molecule has 2 aromatic rings. The van der Waals surface area contributed by atoms with Gasteiger partial charge >= 0.3 is 0 Å². The number of anilines is 1. The van der Waals surface area contributed by atoms with E-state index in [1.807, 2.05) is 6.07 Å². The number of nitrogens with zero attached hydrogens (tertiary/aromatic N) is 3. The van der Waals surface area contributed by atoms with Crippen LogP contribution in [-0.2, 0) is 11.3 Å². The Labute approximate surface area is 98.5 Å². The predicted molar refractivity (Wildman–Crippen MR) is 63.9 cm³/mol. The molecule has 2 aromatic heterocycles. The van der Waals surface area contributed by atoms with Crippen molar-refractivity contribution in [3.8, 4) is 11.3 Å². The largest absolute Gasteiger partial charge is 0.384 e. The summed E-state index contributed by atoms with van der Waals surface area (Å²) in [6.45, 7) is 0.232. The first-order chi connectivity index (χ1) is 8.20. The van der Waals surface area contributed by atoms with Crippen LogP contribution in [0.2, 0.25) is 0 Å². The van der Waals surface area contributed by atoms with E-state index < -0.39 is 0 Å². The molecule has 0 aliphatic rings. The van der Waals surface area contributed by atoms with Crippen LogP contribution in [0.5, 0.6) is 0 Å². The van der Waals surface area contributed by atoms with Crippen molar-refractivity contribution >= 4 is 11.7 Å². The van der Waals surface area contributed by atoms with Crippen molar-refractivity contribution in [2.24, 2.45) is 0 Å². The van der Waals surface area contributed by atoms with Gasteiger partial charge in [-0.15, -0.1) is 0 Å². The van der Waals surface area contributed by atoms with Crippen LogP contribution in [0, 0.1) is 0 Å². The second-order valence-electron chi connectivity index (χ2n) is 3.55. The molecular formula is C11H13N5O. The summed E-state index contributed by atoms with van der Waals surface area (Å²) in [5.74, 6) is 0.388. The Bertz CT molecular complexity index is 517. The van der Waals surface area contributed by atoms with E-state index in [4.69, 9.17) is 5.73 Å². The topological polar surface area (TPSA) is 85.8 Å². The fourth-order valence-corrected chi connectivity index (χ4v) is 1.48. The molecule has 17 heavy (non-hydrogen) atoms. The number of carbonyl (C=O) groups excluding carboxylic acids is 1. The lowest BCUT2D eigenvalue weighted by Crippen LogP contribution is -2.23. The third-order valence-corrected chi connectivity index (χ3v) is 2.39. The molecule has 0 bridgehead atoms. The number of amides is 1. The highest BCUT2D eigenvalue weighted by atomic mass is 16.1. The molecule has 2 heterocycles. The maximum absolute atomic E-state index is 11.3. The molecule has 0 aliphatic carbocycles. The molecule has 0 atom stereocenters. The number of carbonyl (C=O) groups is 1. The normalized spacial score (nSPS) is 10.2. The highest BCUT2D eigenvalue weighted by molar-refractivity contribution is 5.76. The molecular weight excluding hydrogens is 218 g/mol. The van der Waals surface area contributed by atoms with Crippen LogP contribution in [-0.4, -0.2) is 27.5 Å². The van der Waals surface area contributed by atoms with Crippen LogP contribution in [0.4, 0.5) is 5.82 Å². The Balaban J connectivity index is 2.30. The molecule has 0 fully saturated rings. The number of hydrogen-bond acceptors (Lipinski definition) is 4.